The highest BCUT2D eigenvalue weighted by Gasteiger charge is 2.39. The van der Waals surface area contributed by atoms with Gasteiger partial charge in [0.25, 0.3) is 5.91 Å². The largest absolute Gasteiger partial charge is 0.573 e. The predicted molar refractivity (Wildman–Crippen MR) is 131 cm³/mol. The van der Waals surface area contributed by atoms with E-state index in [-0.39, 0.29) is 23.1 Å². The van der Waals surface area contributed by atoms with Gasteiger partial charge < -0.3 is 14.8 Å². The molecule has 0 bridgehead atoms. The van der Waals surface area contributed by atoms with Crippen LogP contribution in [-0.2, 0) is 12.0 Å². The minimum Gasteiger partial charge on any atom is -0.406 e. The molecule has 0 fully saturated rings. The zero-order chi connectivity index (χ0) is 29.0. The van der Waals surface area contributed by atoms with Gasteiger partial charge >= 0.3 is 12.7 Å². The fourth-order valence-corrected chi connectivity index (χ4v) is 4.29. The molecule has 4 nitrogen and oxygen atoms in total. The van der Waals surface area contributed by atoms with Crippen LogP contribution in [-0.4, -0.2) is 18.6 Å². The molecule has 0 aliphatic heterocycles. The maximum absolute atomic E-state index is 14.6. The summed E-state index contributed by atoms with van der Waals surface area (Å²) in [5.74, 6) is -3.11. The summed E-state index contributed by atoms with van der Waals surface area (Å²) < 4.78 is 101. The van der Waals surface area contributed by atoms with Crippen molar-refractivity contribution >= 4 is 5.91 Å². The van der Waals surface area contributed by atoms with E-state index in [0.29, 0.717) is 5.56 Å². The van der Waals surface area contributed by atoms with E-state index in [1.54, 1.807) is 30.3 Å². The SMILES string of the molecule is O=C(NC(Cc1ccccc1)(c1cccc(OC(F)(F)F)c1)c1cccc(OC(F)(F)F)c1)c1ccccc1F. The van der Waals surface area contributed by atoms with E-state index in [1.807, 2.05) is 0 Å². The molecule has 40 heavy (non-hydrogen) atoms. The zero-order valence-corrected chi connectivity index (χ0v) is 20.4. The number of halogens is 7. The summed E-state index contributed by atoms with van der Waals surface area (Å²) in [6.45, 7) is 0. The van der Waals surface area contributed by atoms with Gasteiger partial charge in [-0.3, -0.25) is 4.79 Å². The molecular formula is C29H20F7NO3. The highest BCUT2D eigenvalue weighted by Crippen LogP contribution is 2.38. The molecule has 0 saturated carbocycles. The van der Waals surface area contributed by atoms with Crippen LogP contribution in [0.4, 0.5) is 30.7 Å². The molecular weight excluding hydrogens is 543 g/mol. The number of benzene rings is 4. The highest BCUT2D eigenvalue weighted by atomic mass is 19.4. The van der Waals surface area contributed by atoms with Crippen LogP contribution in [0.15, 0.2) is 103 Å². The maximum atomic E-state index is 14.6. The van der Waals surface area contributed by atoms with Crippen molar-refractivity contribution in [3.05, 3.63) is 131 Å². The second-order valence-corrected chi connectivity index (χ2v) is 8.65. The van der Waals surface area contributed by atoms with Crippen molar-refractivity contribution in [3.8, 4) is 11.5 Å². The first-order chi connectivity index (χ1) is 18.8. The molecule has 0 unspecified atom stereocenters. The summed E-state index contributed by atoms with van der Waals surface area (Å²) >= 11 is 0. The number of amides is 1. The molecule has 0 aliphatic rings. The molecule has 11 heteroatoms. The minimum absolute atomic E-state index is 0.0203. The Bertz CT molecular complexity index is 1410. The first-order valence-corrected chi connectivity index (χ1v) is 11.7. The van der Waals surface area contributed by atoms with E-state index in [0.717, 1.165) is 30.3 Å². The monoisotopic (exact) mass is 563 g/mol. The van der Waals surface area contributed by atoms with Crippen molar-refractivity contribution in [2.75, 3.05) is 0 Å². The molecule has 0 saturated heterocycles. The number of carbonyl (C=O) groups is 1. The second kappa shape index (κ2) is 11.3. The van der Waals surface area contributed by atoms with Crippen LogP contribution in [0.25, 0.3) is 0 Å². The first kappa shape index (κ1) is 28.5. The second-order valence-electron chi connectivity index (χ2n) is 8.65. The normalized spacial score (nSPS) is 12.1. The number of nitrogens with one attached hydrogen (secondary N) is 1. The van der Waals surface area contributed by atoms with E-state index < -0.39 is 41.5 Å². The number of carbonyl (C=O) groups excluding carboxylic acids is 1. The Morgan fingerprint density at radius 3 is 1.65 bits per heavy atom. The fourth-order valence-electron chi connectivity index (χ4n) is 4.29. The van der Waals surface area contributed by atoms with Crippen molar-refractivity contribution in [1.82, 2.24) is 5.32 Å². The molecule has 1 N–H and O–H groups in total. The van der Waals surface area contributed by atoms with Gasteiger partial charge in [-0.25, -0.2) is 4.39 Å². The molecule has 4 rings (SSSR count). The van der Waals surface area contributed by atoms with E-state index in [4.69, 9.17) is 0 Å². The number of ether oxygens (including phenoxy) is 2. The highest BCUT2D eigenvalue weighted by molar-refractivity contribution is 5.95. The third kappa shape index (κ3) is 7.10. The molecule has 0 spiro atoms. The standard InChI is InChI=1S/C29H20F7NO3/c30-25-15-5-4-14-24(25)26(38)37-27(18-19-8-2-1-3-9-19,20-10-6-12-22(16-20)39-28(31,32)33)21-11-7-13-23(17-21)40-29(34,35)36/h1-17H,18H2,(H,37,38). The van der Waals surface area contributed by atoms with E-state index in [2.05, 4.69) is 14.8 Å². The van der Waals surface area contributed by atoms with Gasteiger partial charge in [-0.1, -0.05) is 66.7 Å². The lowest BCUT2D eigenvalue weighted by molar-refractivity contribution is -0.275. The fraction of sp³-hybridized carbons (Fsp3) is 0.138. The number of alkyl halides is 6. The zero-order valence-electron chi connectivity index (χ0n) is 20.4. The lowest BCUT2D eigenvalue weighted by Gasteiger charge is -2.37. The Hall–Kier alpha value is -4.54. The van der Waals surface area contributed by atoms with Crippen molar-refractivity contribution in [3.63, 3.8) is 0 Å². The van der Waals surface area contributed by atoms with Crippen LogP contribution in [0.1, 0.15) is 27.0 Å². The minimum atomic E-state index is -5.04. The van der Waals surface area contributed by atoms with E-state index in [9.17, 15) is 35.5 Å². The summed E-state index contributed by atoms with van der Waals surface area (Å²) in [5.41, 5.74) is -1.61. The summed E-state index contributed by atoms with van der Waals surface area (Å²) in [5, 5.41) is 2.70. The van der Waals surface area contributed by atoms with E-state index >= 15 is 0 Å². The molecule has 1 amide bonds. The van der Waals surface area contributed by atoms with Gasteiger partial charge in [0.1, 0.15) is 17.3 Å². The molecule has 0 heterocycles. The van der Waals surface area contributed by atoms with Gasteiger partial charge in [0, 0.05) is 6.42 Å². The third-order valence-corrected chi connectivity index (χ3v) is 5.88. The van der Waals surface area contributed by atoms with Crippen LogP contribution >= 0.6 is 0 Å². The van der Waals surface area contributed by atoms with Crippen LogP contribution in [0.3, 0.4) is 0 Å². The Kier molecular flexibility index (Phi) is 8.03. The topological polar surface area (TPSA) is 47.6 Å². The van der Waals surface area contributed by atoms with Gasteiger partial charge in [0.2, 0.25) is 0 Å². The summed E-state index contributed by atoms with van der Waals surface area (Å²) in [7, 11) is 0. The van der Waals surface area contributed by atoms with Crippen LogP contribution in [0.2, 0.25) is 0 Å². The summed E-state index contributed by atoms with van der Waals surface area (Å²) in [6, 6.07) is 22.7. The van der Waals surface area contributed by atoms with Gasteiger partial charge in [-0.05, 0) is 53.1 Å². The maximum Gasteiger partial charge on any atom is 0.573 e. The summed E-state index contributed by atoms with van der Waals surface area (Å²) in [4.78, 5) is 13.5. The molecule has 4 aromatic carbocycles. The van der Waals surface area contributed by atoms with Gasteiger partial charge in [0.05, 0.1) is 11.1 Å². The number of rotatable bonds is 8. The lowest BCUT2D eigenvalue weighted by atomic mass is 9.77. The molecule has 0 aromatic heterocycles. The molecule has 0 aliphatic carbocycles. The Morgan fingerprint density at radius 1 is 0.650 bits per heavy atom. The van der Waals surface area contributed by atoms with Gasteiger partial charge in [-0.15, -0.1) is 26.3 Å². The van der Waals surface area contributed by atoms with Crippen molar-refractivity contribution in [2.45, 2.75) is 24.7 Å². The quantitative estimate of drug-likeness (QED) is 0.226. The Morgan fingerprint density at radius 2 is 1.15 bits per heavy atom. The number of hydrogen-bond donors (Lipinski definition) is 1. The molecule has 4 aromatic rings. The third-order valence-electron chi connectivity index (χ3n) is 5.88. The Balaban J connectivity index is 1.96. The van der Waals surface area contributed by atoms with E-state index in [1.165, 1.54) is 42.5 Å². The van der Waals surface area contributed by atoms with Crippen molar-refractivity contribution in [2.24, 2.45) is 0 Å². The van der Waals surface area contributed by atoms with Gasteiger partial charge in [-0.2, -0.15) is 0 Å². The van der Waals surface area contributed by atoms with Crippen LogP contribution in [0.5, 0.6) is 11.5 Å². The lowest BCUT2D eigenvalue weighted by Crippen LogP contribution is -2.49. The average Bonchev–Trinajstić information content (AvgIpc) is 2.87. The Labute approximate surface area is 224 Å². The van der Waals surface area contributed by atoms with Crippen LogP contribution < -0.4 is 14.8 Å². The van der Waals surface area contributed by atoms with Crippen molar-refractivity contribution < 1.29 is 45.0 Å². The smallest absolute Gasteiger partial charge is 0.406 e. The van der Waals surface area contributed by atoms with Crippen molar-refractivity contribution in [1.29, 1.82) is 0 Å². The molecule has 0 radical (unpaired) electrons. The molecule has 0 atom stereocenters. The molecule has 208 valence electrons. The average molecular weight is 563 g/mol. The number of hydrogen-bond acceptors (Lipinski definition) is 3. The summed E-state index contributed by atoms with van der Waals surface area (Å²) in [6.07, 6.45) is -10.2. The first-order valence-electron chi connectivity index (χ1n) is 11.7. The van der Waals surface area contributed by atoms with Gasteiger partial charge in [0.15, 0.2) is 0 Å². The van der Waals surface area contributed by atoms with Crippen LogP contribution in [0, 0.1) is 5.82 Å². The predicted octanol–water partition coefficient (Wildman–Crippen LogP) is 7.54.